The Labute approximate surface area is 218 Å². The van der Waals surface area contributed by atoms with Crippen LogP contribution < -0.4 is 4.74 Å². The van der Waals surface area contributed by atoms with Crippen LogP contribution in [-0.2, 0) is 10.0 Å². The molecule has 9 heteroatoms. The highest BCUT2D eigenvalue weighted by molar-refractivity contribution is 7.89. The first kappa shape index (κ1) is 26.8. The number of aliphatic hydroxyl groups is 1. The second-order valence-electron chi connectivity index (χ2n) is 9.66. The lowest BCUT2D eigenvalue weighted by atomic mass is 9.99. The van der Waals surface area contributed by atoms with Gasteiger partial charge in [0.2, 0.25) is 15.9 Å². The number of fused-ring (bicyclic) bond motifs is 1. The van der Waals surface area contributed by atoms with E-state index >= 15 is 0 Å². The summed E-state index contributed by atoms with van der Waals surface area (Å²) in [5.74, 6) is -0.373. The molecular weight excluding hydrogens is 490 g/mol. The Morgan fingerprint density at radius 2 is 1.81 bits per heavy atom. The molecule has 8 nitrogen and oxygen atoms in total. The molecule has 0 saturated carbocycles. The highest BCUT2D eigenvalue weighted by Crippen LogP contribution is 2.30. The van der Waals surface area contributed by atoms with Gasteiger partial charge in [0.05, 0.1) is 24.1 Å². The Balaban J connectivity index is 1.70. The maximum Gasteiger partial charge on any atom is 0.259 e. The van der Waals surface area contributed by atoms with Crippen LogP contribution in [0.2, 0.25) is 0 Å². The molecule has 2 heterocycles. The number of aliphatic hydroxyl groups excluding tert-OH is 1. The Morgan fingerprint density at radius 3 is 2.46 bits per heavy atom. The Kier molecular flexibility index (Phi) is 7.96. The Morgan fingerprint density at radius 1 is 1.14 bits per heavy atom. The standard InChI is InChI=1S/C28H33N3O5S/c1-19-10-12-24(13-11-19)37(34,35)30(4)17-26-20(2)16-31(21(3)18-32)28(33)25-14-23(15-29-27(25)36-26)22-8-6-5-7-9-22/h5-15,20-21,26,32H,16-18H2,1-4H3/t20-,21+,26-/m1/s1. The molecule has 1 aliphatic rings. The summed E-state index contributed by atoms with van der Waals surface area (Å²) in [6, 6.07) is 17.6. The van der Waals surface area contributed by atoms with Gasteiger partial charge in [0.1, 0.15) is 11.7 Å². The minimum Gasteiger partial charge on any atom is -0.472 e. The zero-order valence-corrected chi connectivity index (χ0v) is 22.4. The lowest BCUT2D eigenvalue weighted by Crippen LogP contribution is -2.50. The number of pyridine rings is 1. The van der Waals surface area contributed by atoms with Crippen LogP contribution in [-0.4, -0.2) is 72.5 Å². The van der Waals surface area contributed by atoms with E-state index in [2.05, 4.69) is 4.98 Å². The smallest absolute Gasteiger partial charge is 0.259 e. The summed E-state index contributed by atoms with van der Waals surface area (Å²) in [4.78, 5) is 19.9. The van der Waals surface area contributed by atoms with E-state index in [1.54, 1.807) is 48.4 Å². The van der Waals surface area contributed by atoms with Gasteiger partial charge in [-0.05, 0) is 37.6 Å². The van der Waals surface area contributed by atoms with Crippen molar-refractivity contribution in [3.63, 3.8) is 0 Å². The van der Waals surface area contributed by atoms with Gasteiger partial charge in [-0.1, -0.05) is 55.0 Å². The van der Waals surface area contributed by atoms with E-state index in [4.69, 9.17) is 4.74 Å². The molecule has 196 valence electrons. The number of ether oxygens (including phenoxy) is 1. The molecule has 0 unspecified atom stereocenters. The molecule has 1 aliphatic heterocycles. The van der Waals surface area contributed by atoms with Crippen LogP contribution in [0.1, 0.15) is 29.8 Å². The maximum absolute atomic E-state index is 13.6. The summed E-state index contributed by atoms with van der Waals surface area (Å²) in [5, 5.41) is 9.87. The molecule has 0 saturated heterocycles. The monoisotopic (exact) mass is 523 g/mol. The third-order valence-electron chi connectivity index (χ3n) is 6.79. The summed E-state index contributed by atoms with van der Waals surface area (Å²) in [6.07, 6.45) is 1.07. The van der Waals surface area contributed by atoms with Crippen LogP contribution in [0.5, 0.6) is 5.88 Å². The molecule has 0 bridgehead atoms. The number of nitrogens with zero attached hydrogens (tertiary/aromatic N) is 3. The minimum absolute atomic E-state index is 0.0640. The van der Waals surface area contributed by atoms with E-state index in [1.165, 1.54) is 11.4 Å². The molecule has 1 amide bonds. The van der Waals surface area contributed by atoms with E-state index in [0.29, 0.717) is 6.54 Å². The normalized spacial score (nSPS) is 19.1. The van der Waals surface area contributed by atoms with Gasteiger partial charge in [-0.2, -0.15) is 4.31 Å². The van der Waals surface area contributed by atoms with E-state index < -0.39 is 22.2 Å². The van der Waals surface area contributed by atoms with Crippen LogP contribution >= 0.6 is 0 Å². The molecule has 0 radical (unpaired) electrons. The molecule has 37 heavy (non-hydrogen) atoms. The van der Waals surface area contributed by atoms with Gasteiger partial charge < -0.3 is 14.7 Å². The molecule has 3 aromatic rings. The third kappa shape index (κ3) is 5.69. The fourth-order valence-corrected chi connectivity index (χ4v) is 5.53. The summed E-state index contributed by atoms with van der Waals surface area (Å²) in [5.41, 5.74) is 2.92. The molecule has 0 fully saturated rings. The van der Waals surface area contributed by atoms with Crippen molar-refractivity contribution in [2.24, 2.45) is 5.92 Å². The van der Waals surface area contributed by atoms with Gasteiger partial charge in [0, 0.05) is 31.3 Å². The van der Waals surface area contributed by atoms with Gasteiger partial charge in [-0.15, -0.1) is 0 Å². The summed E-state index contributed by atoms with van der Waals surface area (Å²) in [6.45, 7) is 5.74. The zero-order chi connectivity index (χ0) is 26.7. The average Bonchev–Trinajstić information content (AvgIpc) is 2.90. The number of benzene rings is 2. The topological polar surface area (TPSA) is 100 Å². The number of likely N-dealkylation sites (N-methyl/N-ethyl adjacent to an activating group) is 1. The van der Waals surface area contributed by atoms with Gasteiger partial charge >= 0.3 is 0 Å². The van der Waals surface area contributed by atoms with Crippen LogP contribution in [0.25, 0.3) is 11.1 Å². The molecule has 1 N–H and O–H groups in total. The second-order valence-corrected chi connectivity index (χ2v) is 11.7. The maximum atomic E-state index is 13.6. The second kappa shape index (κ2) is 11.0. The summed E-state index contributed by atoms with van der Waals surface area (Å²) >= 11 is 0. The number of carbonyl (C=O) groups excluding carboxylic acids is 1. The highest BCUT2D eigenvalue weighted by atomic mass is 32.2. The van der Waals surface area contributed by atoms with Crippen LogP contribution in [0.3, 0.4) is 0 Å². The minimum atomic E-state index is -3.75. The van der Waals surface area contributed by atoms with E-state index in [0.717, 1.165) is 16.7 Å². The van der Waals surface area contributed by atoms with Crippen LogP contribution in [0, 0.1) is 12.8 Å². The molecule has 2 aromatic carbocycles. The van der Waals surface area contributed by atoms with Crippen LogP contribution in [0.15, 0.2) is 71.8 Å². The molecule has 4 rings (SSSR count). The quantitative estimate of drug-likeness (QED) is 0.508. The number of sulfonamides is 1. The predicted octanol–water partition coefficient (Wildman–Crippen LogP) is 3.60. The largest absolute Gasteiger partial charge is 0.472 e. The number of hydrogen-bond donors (Lipinski definition) is 1. The molecule has 0 aliphatic carbocycles. The summed E-state index contributed by atoms with van der Waals surface area (Å²) < 4.78 is 34.0. The van der Waals surface area contributed by atoms with Crippen molar-refractivity contribution in [1.29, 1.82) is 0 Å². The molecule has 3 atom stereocenters. The summed E-state index contributed by atoms with van der Waals surface area (Å²) in [7, 11) is -2.23. The number of hydrogen-bond acceptors (Lipinski definition) is 6. The predicted molar refractivity (Wildman–Crippen MR) is 142 cm³/mol. The van der Waals surface area contributed by atoms with E-state index in [1.807, 2.05) is 44.2 Å². The SMILES string of the molecule is Cc1ccc(S(=O)(=O)N(C)C[C@H]2Oc3ncc(-c4ccccc4)cc3C(=O)N([C@@H](C)CO)C[C@H]2C)cc1. The highest BCUT2D eigenvalue weighted by Gasteiger charge is 2.36. The van der Waals surface area contributed by atoms with Crippen molar-refractivity contribution in [3.05, 3.63) is 78.0 Å². The van der Waals surface area contributed by atoms with Crippen molar-refractivity contribution < 1.29 is 23.1 Å². The Hall–Kier alpha value is -3.27. The van der Waals surface area contributed by atoms with E-state index in [9.17, 15) is 18.3 Å². The lowest BCUT2D eigenvalue weighted by molar-refractivity contribution is 0.0373. The molecule has 1 aromatic heterocycles. The first-order valence-electron chi connectivity index (χ1n) is 12.3. The lowest BCUT2D eigenvalue weighted by Gasteiger charge is -2.37. The number of amides is 1. The van der Waals surface area contributed by atoms with Gasteiger partial charge in [-0.3, -0.25) is 4.79 Å². The number of rotatable bonds is 7. The van der Waals surface area contributed by atoms with Gasteiger partial charge in [0.15, 0.2) is 0 Å². The first-order chi connectivity index (χ1) is 17.6. The van der Waals surface area contributed by atoms with Crippen LogP contribution in [0.4, 0.5) is 0 Å². The number of aromatic nitrogens is 1. The fourth-order valence-electron chi connectivity index (χ4n) is 4.35. The average molecular weight is 524 g/mol. The van der Waals surface area contributed by atoms with Gasteiger partial charge in [-0.25, -0.2) is 13.4 Å². The van der Waals surface area contributed by atoms with E-state index in [-0.39, 0.29) is 41.3 Å². The Bertz CT molecular complexity index is 1350. The van der Waals surface area contributed by atoms with Crippen molar-refractivity contribution in [3.8, 4) is 17.0 Å². The third-order valence-corrected chi connectivity index (χ3v) is 8.63. The van der Waals surface area contributed by atoms with Gasteiger partial charge in [0.25, 0.3) is 5.91 Å². The van der Waals surface area contributed by atoms with Crippen molar-refractivity contribution in [2.45, 2.75) is 37.8 Å². The van der Waals surface area contributed by atoms with Crippen molar-refractivity contribution in [1.82, 2.24) is 14.2 Å². The molecular formula is C28H33N3O5S. The zero-order valence-electron chi connectivity index (χ0n) is 21.5. The fraction of sp³-hybridized carbons (Fsp3) is 0.357. The number of carbonyl (C=O) groups is 1. The van der Waals surface area contributed by atoms with Crippen molar-refractivity contribution >= 4 is 15.9 Å². The molecule has 0 spiro atoms. The first-order valence-corrected chi connectivity index (χ1v) is 13.7. The van der Waals surface area contributed by atoms with Crippen molar-refractivity contribution in [2.75, 3.05) is 26.7 Å². The number of aryl methyl sites for hydroxylation is 1.